The molecule has 1 amide bonds. The normalized spacial score (nSPS) is 15.1. The van der Waals surface area contributed by atoms with Gasteiger partial charge in [0.15, 0.2) is 21.3 Å². The molecule has 1 atom stereocenters. The summed E-state index contributed by atoms with van der Waals surface area (Å²) in [6.07, 6.45) is -0.568. The molecule has 3 N–H and O–H groups in total. The molecule has 1 aliphatic rings. The Bertz CT molecular complexity index is 1320. The van der Waals surface area contributed by atoms with E-state index < -0.39 is 22.1 Å². The first-order chi connectivity index (χ1) is 15.6. The highest BCUT2D eigenvalue weighted by Gasteiger charge is 2.30. The minimum Gasteiger partial charge on any atom is -0.377 e. The van der Waals surface area contributed by atoms with Gasteiger partial charge in [0.1, 0.15) is 11.3 Å². The topological polar surface area (TPSA) is 126 Å². The number of methoxy groups -OCH3 is 1. The monoisotopic (exact) mass is 479 g/mol. The van der Waals surface area contributed by atoms with E-state index in [1.54, 1.807) is 19.1 Å². The molecule has 4 rings (SSSR count). The Labute approximate surface area is 188 Å². The summed E-state index contributed by atoms with van der Waals surface area (Å²) in [4.78, 5) is 22.8. The van der Waals surface area contributed by atoms with Crippen LogP contribution in [0.1, 0.15) is 43.7 Å². The van der Waals surface area contributed by atoms with E-state index in [0.29, 0.717) is 5.56 Å². The van der Waals surface area contributed by atoms with E-state index >= 15 is 0 Å². The van der Waals surface area contributed by atoms with E-state index in [2.05, 4.69) is 25.6 Å². The van der Waals surface area contributed by atoms with Gasteiger partial charge in [0.05, 0.1) is 22.4 Å². The van der Waals surface area contributed by atoms with Gasteiger partial charge in [-0.3, -0.25) is 4.79 Å². The molecule has 1 aliphatic carbocycles. The van der Waals surface area contributed by atoms with Crippen LogP contribution in [0, 0.1) is 5.92 Å². The van der Waals surface area contributed by atoms with Gasteiger partial charge in [0.2, 0.25) is 5.91 Å². The molecule has 1 fully saturated rings. The van der Waals surface area contributed by atoms with Crippen LogP contribution in [0.15, 0.2) is 29.2 Å². The number of hydrogen-bond donors (Lipinski definition) is 3. The smallest absolute Gasteiger partial charge is 0.295 e. The van der Waals surface area contributed by atoms with Gasteiger partial charge in [-0.25, -0.2) is 27.2 Å². The number of alkyl halides is 2. The van der Waals surface area contributed by atoms with Gasteiger partial charge in [-0.15, -0.1) is 0 Å². The van der Waals surface area contributed by atoms with E-state index in [9.17, 15) is 22.0 Å². The fourth-order valence-corrected chi connectivity index (χ4v) is 4.20. The highest BCUT2D eigenvalue weighted by atomic mass is 32.2. The number of sulfone groups is 1. The summed E-state index contributed by atoms with van der Waals surface area (Å²) < 4.78 is 56.8. The van der Waals surface area contributed by atoms with Crippen molar-refractivity contribution in [3.63, 3.8) is 0 Å². The molecule has 3 aromatic rings. The summed E-state index contributed by atoms with van der Waals surface area (Å²) in [5.74, 6) is -0.753. The zero-order valence-electron chi connectivity index (χ0n) is 18.1. The Kier molecular flexibility index (Phi) is 6.06. The summed E-state index contributed by atoms with van der Waals surface area (Å²) in [5.41, 5.74) is 1.21. The van der Waals surface area contributed by atoms with E-state index in [1.807, 2.05) is 0 Å². The van der Waals surface area contributed by atoms with Crippen molar-refractivity contribution in [1.82, 2.24) is 15.0 Å². The fourth-order valence-electron chi connectivity index (χ4n) is 3.33. The number of halogens is 2. The first kappa shape index (κ1) is 23.1. The number of carbonyl (C=O) groups is 1. The number of H-pyrrole nitrogens is 1. The van der Waals surface area contributed by atoms with Crippen molar-refractivity contribution in [2.45, 2.75) is 37.2 Å². The second-order valence-corrected chi connectivity index (χ2v) is 9.95. The Morgan fingerprint density at radius 1 is 1.21 bits per heavy atom. The van der Waals surface area contributed by atoms with Crippen molar-refractivity contribution in [1.29, 1.82) is 0 Å². The Morgan fingerprint density at radius 2 is 1.94 bits per heavy atom. The summed E-state index contributed by atoms with van der Waals surface area (Å²) in [5, 5.41) is 5.66. The molecule has 1 saturated carbocycles. The number of carbonyl (C=O) groups excluding carboxylic acids is 1. The minimum atomic E-state index is -3.66. The molecule has 176 valence electrons. The number of amides is 1. The zero-order chi connectivity index (χ0) is 23.9. The molecule has 0 spiro atoms. The number of fused-ring (bicyclic) bond motifs is 1. The van der Waals surface area contributed by atoms with Gasteiger partial charge in [-0.1, -0.05) is 6.07 Å². The lowest BCUT2D eigenvalue weighted by Crippen LogP contribution is -2.14. The maximum absolute atomic E-state index is 13.3. The third kappa shape index (κ3) is 4.96. The third-order valence-electron chi connectivity index (χ3n) is 5.38. The molecular formula is C21H23F2N5O4S. The number of pyridine rings is 1. The second-order valence-electron chi connectivity index (χ2n) is 7.97. The lowest BCUT2D eigenvalue weighted by molar-refractivity contribution is -0.117. The number of imidazole rings is 1. The summed E-state index contributed by atoms with van der Waals surface area (Å²) in [6.45, 7) is 1.78. The Morgan fingerprint density at radius 3 is 2.55 bits per heavy atom. The maximum Gasteiger partial charge on any atom is 0.295 e. The van der Waals surface area contributed by atoms with Gasteiger partial charge < -0.3 is 20.4 Å². The van der Waals surface area contributed by atoms with Crippen LogP contribution >= 0.6 is 0 Å². The average molecular weight is 480 g/mol. The summed E-state index contributed by atoms with van der Waals surface area (Å²) in [6, 6.07) is 6.21. The number of benzene rings is 1. The van der Waals surface area contributed by atoms with Gasteiger partial charge in [0.25, 0.3) is 6.43 Å². The van der Waals surface area contributed by atoms with Crippen LogP contribution in [0.2, 0.25) is 0 Å². The largest absolute Gasteiger partial charge is 0.377 e. The van der Waals surface area contributed by atoms with Crippen molar-refractivity contribution in [2.75, 3.05) is 24.0 Å². The van der Waals surface area contributed by atoms with E-state index in [1.165, 1.54) is 19.2 Å². The second kappa shape index (κ2) is 8.67. The number of hydrogen-bond acceptors (Lipinski definition) is 7. The van der Waals surface area contributed by atoms with Crippen LogP contribution in [0.4, 0.5) is 26.0 Å². The molecule has 0 bridgehead atoms. The highest BCUT2D eigenvalue weighted by Crippen LogP contribution is 2.34. The standard InChI is InChI=1S/C21H23F2N5O4S/c1-10(32-2)12-6-7-13(15(8-12)33(3,30)31)24-14-9-16(26-21(29)11-4-5-11)25-19-17(14)27-20(28-19)18(22)23/h6-11,18H,4-5H2,1-3H3,(H3,24,25,26,27,28,29)/t10-/m0/s1. The molecule has 12 heteroatoms. The van der Waals surface area contributed by atoms with Crippen molar-refractivity contribution in [3.8, 4) is 0 Å². The predicted octanol–water partition coefficient (Wildman–Crippen LogP) is 4.10. The molecule has 1 aromatic carbocycles. The zero-order valence-corrected chi connectivity index (χ0v) is 19.0. The molecule has 33 heavy (non-hydrogen) atoms. The van der Waals surface area contributed by atoms with Crippen LogP contribution in [0.25, 0.3) is 11.2 Å². The van der Waals surface area contributed by atoms with Crippen LogP contribution in [0.3, 0.4) is 0 Å². The van der Waals surface area contributed by atoms with Crippen LogP contribution in [-0.4, -0.2) is 42.6 Å². The van der Waals surface area contributed by atoms with Crippen molar-refractivity contribution < 1.29 is 26.7 Å². The van der Waals surface area contributed by atoms with E-state index in [-0.39, 0.29) is 51.2 Å². The number of anilines is 3. The molecule has 2 aromatic heterocycles. The summed E-state index contributed by atoms with van der Waals surface area (Å²) >= 11 is 0. The number of nitrogens with zero attached hydrogens (tertiary/aromatic N) is 2. The molecule has 9 nitrogen and oxygen atoms in total. The first-order valence-electron chi connectivity index (χ1n) is 10.2. The van der Waals surface area contributed by atoms with Crippen molar-refractivity contribution in [2.24, 2.45) is 5.92 Å². The molecular weight excluding hydrogens is 456 g/mol. The van der Waals surface area contributed by atoms with Crippen molar-refractivity contribution in [3.05, 3.63) is 35.7 Å². The number of ether oxygens (including phenoxy) is 1. The molecule has 0 aliphatic heterocycles. The van der Waals surface area contributed by atoms with Crippen LogP contribution < -0.4 is 10.6 Å². The average Bonchev–Trinajstić information content (AvgIpc) is 3.51. The number of rotatable bonds is 8. The number of nitrogens with one attached hydrogen (secondary N) is 3. The summed E-state index contributed by atoms with van der Waals surface area (Å²) in [7, 11) is -2.15. The maximum atomic E-state index is 13.3. The molecule has 2 heterocycles. The van der Waals surface area contributed by atoms with Gasteiger partial charge in [0, 0.05) is 25.3 Å². The van der Waals surface area contributed by atoms with Crippen LogP contribution in [-0.2, 0) is 19.4 Å². The lowest BCUT2D eigenvalue weighted by atomic mass is 10.1. The minimum absolute atomic E-state index is 0.00190. The number of aromatic amines is 1. The van der Waals surface area contributed by atoms with E-state index in [4.69, 9.17) is 4.74 Å². The van der Waals surface area contributed by atoms with Gasteiger partial charge in [-0.05, 0) is 37.5 Å². The molecule has 0 radical (unpaired) electrons. The van der Waals surface area contributed by atoms with E-state index in [0.717, 1.165) is 19.1 Å². The quantitative estimate of drug-likeness (QED) is 0.444. The Balaban J connectivity index is 1.80. The fraction of sp³-hybridized carbons (Fsp3) is 0.381. The first-order valence-corrected chi connectivity index (χ1v) is 12.1. The number of aromatic nitrogens is 3. The predicted molar refractivity (Wildman–Crippen MR) is 118 cm³/mol. The van der Waals surface area contributed by atoms with Crippen molar-refractivity contribution >= 4 is 44.1 Å². The van der Waals surface area contributed by atoms with Crippen LogP contribution in [0.5, 0.6) is 0 Å². The molecule has 0 unspecified atom stereocenters. The Hall–Kier alpha value is -3.12. The SMILES string of the molecule is CO[C@@H](C)c1ccc(Nc2cc(NC(=O)C3CC3)nc3[nH]c(C(F)F)nc23)c(S(C)(=O)=O)c1. The highest BCUT2D eigenvalue weighted by molar-refractivity contribution is 7.90. The van der Waals surface area contributed by atoms with Gasteiger partial charge >= 0.3 is 0 Å². The lowest BCUT2D eigenvalue weighted by Gasteiger charge is -2.16. The van der Waals surface area contributed by atoms with Gasteiger partial charge in [-0.2, -0.15) is 0 Å². The molecule has 0 saturated heterocycles. The third-order valence-corrected chi connectivity index (χ3v) is 6.51.